The van der Waals surface area contributed by atoms with E-state index in [-0.39, 0.29) is 0 Å². The molecule has 0 atom stereocenters. The summed E-state index contributed by atoms with van der Waals surface area (Å²) in [6.45, 7) is 2.71. The van der Waals surface area contributed by atoms with Crippen LogP contribution < -0.4 is 24.8 Å². The van der Waals surface area contributed by atoms with Crippen LogP contribution in [0.5, 0.6) is 17.2 Å². The zero-order valence-electron chi connectivity index (χ0n) is 16.4. The molecule has 0 saturated heterocycles. The smallest absolute Gasteiger partial charge is 0.171 e. The van der Waals surface area contributed by atoms with Crippen LogP contribution in [-0.2, 0) is 13.0 Å². The highest BCUT2D eigenvalue weighted by molar-refractivity contribution is 7.80. The third-order valence-corrected chi connectivity index (χ3v) is 4.50. The summed E-state index contributed by atoms with van der Waals surface area (Å²) in [4.78, 5) is 0. The van der Waals surface area contributed by atoms with Crippen LogP contribution >= 0.6 is 12.2 Å². The van der Waals surface area contributed by atoms with Crippen LogP contribution in [0.3, 0.4) is 0 Å². The largest absolute Gasteiger partial charge is 0.496 e. The van der Waals surface area contributed by atoms with Gasteiger partial charge in [-0.05, 0) is 48.8 Å². The minimum atomic E-state index is 0.504. The Hall–Kier alpha value is -2.47. The minimum absolute atomic E-state index is 0.504. The van der Waals surface area contributed by atoms with Gasteiger partial charge in [-0.15, -0.1) is 0 Å². The number of hydrogen-bond acceptors (Lipinski definition) is 4. The van der Waals surface area contributed by atoms with Gasteiger partial charge >= 0.3 is 0 Å². The average molecular weight is 389 g/mol. The molecule has 0 aliphatic rings. The molecule has 0 amide bonds. The molecular formula is C21H28N2O3S. The molecule has 0 radical (unpaired) electrons. The molecule has 2 aromatic rings. The van der Waals surface area contributed by atoms with E-state index in [4.69, 9.17) is 26.4 Å². The summed E-state index contributed by atoms with van der Waals surface area (Å²) in [5, 5.41) is 6.96. The molecule has 0 fully saturated rings. The SMILES string of the molecule is CCCCc1ccc(NC(=S)NCc2cc(OC)c(OC)cc2OC)cc1. The van der Waals surface area contributed by atoms with Crippen molar-refractivity contribution in [1.82, 2.24) is 5.32 Å². The number of thiocarbonyl (C=S) groups is 1. The summed E-state index contributed by atoms with van der Waals surface area (Å²) in [5.41, 5.74) is 3.23. The lowest BCUT2D eigenvalue weighted by atomic mass is 10.1. The van der Waals surface area contributed by atoms with Crippen molar-refractivity contribution >= 4 is 23.0 Å². The van der Waals surface area contributed by atoms with Gasteiger partial charge in [-0.1, -0.05) is 25.5 Å². The van der Waals surface area contributed by atoms with Crippen LogP contribution in [0.1, 0.15) is 30.9 Å². The number of aryl methyl sites for hydroxylation is 1. The maximum atomic E-state index is 5.44. The van der Waals surface area contributed by atoms with Gasteiger partial charge in [0, 0.05) is 23.9 Å². The van der Waals surface area contributed by atoms with Crippen molar-refractivity contribution in [3.05, 3.63) is 47.5 Å². The first-order valence-electron chi connectivity index (χ1n) is 9.04. The van der Waals surface area contributed by atoms with Crippen LogP contribution in [0, 0.1) is 0 Å². The molecule has 2 aromatic carbocycles. The average Bonchev–Trinajstić information content (AvgIpc) is 2.70. The lowest BCUT2D eigenvalue weighted by molar-refractivity contribution is 0.347. The first-order chi connectivity index (χ1) is 13.1. The van der Waals surface area contributed by atoms with E-state index >= 15 is 0 Å². The molecule has 146 valence electrons. The molecular weight excluding hydrogens is 360 g/mol. The molecule has 6 heteroatoms. The van der Waals surface area contributed by atoms with E-state index < -0.39 is 0 Å². The highest BCUT2D eigenvalue weighted by atomic mass is 32.1. The number of unbranched alkanes of at least 4 members (excludes halogenated alkanes) is 1. The molecule has 2 rings (SSSR count). The van der Waals surface area contributed by atoms with Crippen LogP contribution in [-0.4, -0.2) is 26.4 Å². The summed E-state index contributed by atoms with van der Waals surface area (Å²) in [6.07, 6.45) is 3.52. The molecule has 0 bridgehead atoms. The third kappa shape index (κ3) is 6.03. The zero-order chi connectivity index (χ0) is 19.6. The van der Waals surface area contributed by atoms with Crippen molar-refractivity contribution in [2.75, 3.05) is 26.6 Å². The predicted molar refractivity (Wildman–Crippen MR) is 114 cm³/mol. The normalized spacial score (nSPS) is 10.2. The van der Waals surface area contributed by atoms with Crippen LogP contribution in [0.25, 0.3) is 0 Å². The summed E-state index contributed by atoms with van der Waals surface area (Å²) in [6, 6.07) is 12.1. The van der Waals surface area contributed by atoms with Gasteiger partial charge in [0.1, 0.15) is 5.75 Å². The van der Waals surface area contributed by atoms with Crippen LogP contribution in [0.4, 0.5) is 5.69 Å². The van der Waals surface area contributed by atoms with Gasteiger partial charge < -0.3 is 24.8 Å². The van der Waals surface area contributed by atoms with Gasteiger partial charge in [0.25, 0.3) is 0 Å². The first-order valence-corrected chi connectivity index (χ1v) is 9.44. The van der Waals surface area contributed by atoms with Crippen LogP contribution in [0.15, 0.2) is 36.4 Å². The molecule has 0 unspecified atom stereocenters. The topological polar surface area (TPSA) is 51.8 Å². The van der Waals surface area contributed by atoms with E-state index in [0.29, 0.717) is 28.9 Å². The quantitative estimate of drug-likeness (QED) is 0.615. The lowest BCUT2D eigenvalue weighted by Crippen LogP contribution is -2.28. The van der Waals surface area contributed by atoms with E-state index in [9.17, 15) is 0 Å². The Morgan fingerprint density at radius 1 is 0.926 bits per heavy atom. The molecule has 0 aromatic heterocycles. The fourth-order valence-corrected chi connectivity index (χ4v) is 2.91. The predicted octanol–water partition coefficient (Wildman–Crippen LogP) is 4.54. The molecule has 0 heterocycles. The number of ether oxygens (including phenoxy) is 3. The molecule has 2 N–H and O–H groups in total. The highest BCUT2D eigenvalue weighted by Crippen LogP contribution is 2.34. The Morgan fingerprint density at radius 2 is 1.56 bits per heavy atom. The monoisotopic (exact) mass is 388 g/mol. The number of nitrogens with one attached hydrogen (secondary N) is 2. The van der Waals surface area contributed by atoms with Gasteiger partial charge in [-0.2, -0.15) is 0 Å². The Morgan fingerprint density at radius 3 is 2.15 bits per heavy atom. The number of anilines is 1. The molecule has 0 spiro atoms. The molecule has 0 saturated carbocycles. The first kappa shape index (κ1) is 20.8. The van der Waals surface area contributed by atoms with E-state index in [1.807, 2.05) is 6.07 Å². The summed E-state index contributed by atoms with van der Waals surface area (Å²) < 4.78 is 16.1. The number of benzene rings is 2. The van der Waals surface area contributed by atoms with Gasteiger partial charge in [0.2, 0.25) is 0 Å². The van der Waals surface area contributed by atoms with Crippen molar-refractivity contribution in [3.8, 4) is 17.2 Å². The summed E-state index contributed by atoms with van der Waals surface area (Å²) in [5.74, 6) is 1.99. The summed E-state index contributed by atoms with van der Waals surface area (Å²) in [7, 11) is 4.83. The van der Waals surface area contributed by atoms with Gasteiger partial charge in [-0.25, -0.2) is 0 Å². The Kier molecular flexibility index (Phi) is 8.20. The number of hydrogen-bond donors (Lipinski definition) is 2. The van der Waals surface area contributed by atoms with Crippen molar-refractivity contribution in [2.45, 2.75) is 32.7 Å². The Labute approximate surface area is 167 Å². The molecule has 27 heavy (non-hydrogen) atoms. The maximum absolute atomic E-state index is 5.44. The van der Waals surface area contributed by atoms with Crippen molar-refractivity contribution in [2.24, 2.45) is 0 Å². The van der Waals surface area contributed by atoms with Crippen molar-refractivity contribution in [1.29, 1.82) is 0 Å². The fraction of sp³-hybridized carbons (Fsp3) is 0.381. The third-order valence-electron chi connectivity index (χ3n) is 4.26. The molecule has 0 aliphatic carbocycles. The lowest BCUT2D eigenvalue weighted by Gasteiger charge is -2.16. The standard InChI is InChI=1S/C21H28N2O3S/c1-5-6-7-15-8-10-17(11-9-15)23-21(27)22-14-16-12-19(25-3)20(26-4)13-18(16)24-2/h8-13H,5-7,14H2,1-4H3,(H2,22,23,27). The van der Waals surface area contributed by atoms with E-state index in [1.54, 1.807) is 27.4 Å². The second kappa shape index (κ2) is 10.6. The number of rotatable bonds is 9. The van der Waals surface area contributed by atoms with Crippen molar-refractivity contribution in [3.63, 3.8) is 0 Å². The second-order valence-electron chi connectivity index (χ2n) is 6.13. The van der Waals surface area contributed by atoms with E-state index in [1.165, 1.54) is 18.4 Å². The Balaban J connectivity index is 1.96. The summed E-state index contributed by atoms with van der Waals surface area (Å²) >= 11 is 5.41. The van der Waals surface area contributed by atoms with E-state index in [0.717, 1.165) is 17.7 Å². The van der Waals surface area contributed by atoms with Gasteiger partial charge in [0.15, 0.2) is 16.6 Å². The van der Waals surface area contributed by atoms with E-state index in [2.05, 4.69) is 41.8 Å². The minimum Gasteiger partial charge on any atom is -0.496 e. The van der Waals surface area contributed by atoms with Gasteiger partial charge in [0.05, 0.1) is 21.3 Å². The molecule has 5 nitrogen and oxygen atoms in total. The van der Waals surface area contributed by atoms with Gasteiger partial charge in [-0.3, -0.25) is 0 Å². The molecule has 0 aliphatic heterocycles. The van der Waals surface area contributed by atoms with Crippen LogP contribution in [0.2, 0.25) is 0 Å². The highest BCUT2D eigenvalue weighted by Gasteiger charge is 2.12. The van der Waals surface area contributed by atoms with Crippen molar-refractivity contribution < 1.29 is 14.2 Å². The zero-order valence-corrected chi connectivity index (χ0v) is 17.2. The fourth-order valence-electron chi connectivity index (χ4n) is 2.72. The number of methoxy groups -OCH3 is 3. The Bertz CT molecular complexity index is 748. The second-order valence-corrected chi connectivity index (χ2v) is 6.54. The maximum Gasteiger partial charge on any atom is 0.171 e.